The van der Waals surface area contributed by atoms with Crippen LogP contribution in [0.3, 0.4) is 0 Å². The molecule has 0 radical (unpaired) electrons. The minimum absolute atomic E-state index is 0.0491. The number of hydrogen-bond donors (Lipinski definition) is 3. The number of benzene rings is 1. The summed E-state index contributed by atoms with van der Waals surface area (Å²) in [6.07, 6.45) is 0.968. The van der Waals surface area contributed by atoms with Crippen molar-refractivity contribution in [3.05, 3.63) is 28.2 Å². The summed E-state index contributed by atoms with van der Waals surface area (Å²) < 4.78 is 0.533. The van der Waals surface area contributed by atoms with Gasteiger partial charge in [-0.25, -0.2) is 9.59 Å². The number of rotatable bonds is 5. The van der Waals surface area contributed by atoms with E-state index in [-0.39, 0.29) is 11.3 Å². The first-order chi connectivity index (χ1) is 8.95. The van der Waals surface area contributed by atoms with Gasteiger partial charge in [0.2, 0.25) is 0 Å². The van der Waals surface area contributed by atoms with Crippen molar-refractivity contribution < 1.29 is 14.7 Å². The molecule has 6 heteroatoms. The van der Waals surface area contributed by atoms with Crippen LogP contribution in [-0.4, -0.2) is 23.7 Å². The van der Waals surface area contributed by atoms with Crippen molar-refractivity contribution in [1.29, 1.82) is 0 Å². The van der Waals surface area contributed by atoms with Gasteiger partial charge in [-0.3, -0.25) is 0 Å². The van der Waals surface area contributed by atoms with Crippen molar-refractivity contribution in [2.45, 2.75) is 20.3 Å². The fraction of sp³-hybridized carbons (Fsp3) is 0.385. The number of carboxylic acid groups (broad SMARTS) is 1. The lowest BCUT2D eigenvalue weighted by Gasteiger charge is -2.13. The van der Waals surface area contributed by atoms with Crippen molar-refractivity contribution in [1.82, 2.24) is 5.32 Å². The third-order valence-corrected chi connectivity index (χ3v) is 3.45. The highest BCUT2D eigenvalue weighted by Gasteiger charge is 2.15. The average Bonchev–Trinajstić information content (AvgIpc) is 2.38. The molecule has 1 atom stereocenters. The van der Waals surface area contributed by atoms with E-state index in [1.807, 2.05) is 13.8 Å². The van der Waals surface area contributed by atoms with Gasteiger partial charge < -0.3 is 15.7 Å². The van der Waals surface area contributed by atoms with Gasteiger partial charge in [0.25, 0.3) is 0 Å². The first-order valence-corrected chi connectivity index (χ1v) is 6.81. The van der Waals surface area contributed by atoms with Gasteiger partial charge in [-0.1, -0.05) is 26.3 Å². The number of carboxylic acids is 1. The molecule has 104 valence electrons. The maximum Gasteiger partial charge on any atom is 0.337 e. The maximum absolute atomic E-state index is 11.7. The molecule has 3 N–H and O–H groups in total. The number of para-hydroxylation sites is 1. The Morgan fingerprint density at radius 3 is 2.68 bits per heavy atom. The first-order valence-electron chi connectivity index (χ1n) is 6.02. The summed E-state index contributed by atoms with van der Waals surface area (Å²) in [6.45, 7) is 4.62. The zero-order chi connectivity index (χ0) is 14.4. The second kappa shape index (κ2) is 7.13. The number of nitrogens with one attached hydrogen (secondary N) is 2. The van der Waals surface area contributed by atoms with Crippen molar-refractivity contribution in [2.75, 3.05) is 11.9 Å². The number of halogens is 1. The van der Waals surface area contributed by atoms with Gasteiger partial charge in [-0.15, -0.1) is 0 Å². The summed E-state index contributed by atoms with van der Waals surface area (Å²) >= 11 is 3.23. The summed E-state index contributed by atoms with van der Waals surface area (Å²) in [6, 6.07) is 4.32. The van der Waals surface area contributed by atoms with E-state index in [9.17, 15) is 9.59 Å². The monoisotopic (exact) mass is 328 g/mol. The molecule has 0 aliphatic rings. The standard InChI is InChI=1S/C13H17BrN2O3/c1-3-8(2)7-15-13(19)16-11-9(12(17)18)5-4-6-10(11)14/h4-6,8H,3,7H2,1-2H3,(H,17,18)(H2,15,16,19). The molecule has 0 aliphatic carbocycles. The van der Waals surface area contributed by atoms with Crippen molar-refractivity contribution in [2.24, 2.45) is 5.92 Å². The fourth-order valence-electron chi connectivity index (χ4n) is 1.40. The Morgan fingerprint density at radius 1 is 1.42 bits per heavy atom. The van der Waals surface area contributed by atoms with Gasteiger partial charge in [0.1, 0.15) is 0 Å². The summed E-state index contributed by atoms with van der Waals surface area (Å²) in [5.41, 5.74) is 0.310. The van der Waals surface area contributed by atoms with Crippen LogP contribution >= 0.6 is 15.9 Å². The first kappa shape index (κ1) is 15.5. The van der Waals surface area contributed by atoms with E-state index < -0.39 is 12.0 Å². The topological polar surface area (TPSA) is 78.4 Å². The molecular formula is C13H17BrN2O3. The Bertz CT molecular complexity index is 477. The predicted octanol–water partition coefficient (Wildman–Crippen LogP) is 3.31. The van der Waals surface area contributed by atoms with Gasteiger partial charge in [-0.2, -0.15) is 0 Å². The number of amides is 2. The maximum atomic E-state index is 11.7. The number of aromatic carboxylic acids is 1. The molecule has 2 amide bonds. The quantitative estimate of drug-likeness (QED) is 0.775. The van der Waals surface area contributed by atoms with Gasteiger partial charge >= 0.3 is 12.0 Å². The smallest absolute Gasteiger partial charge is 0.337 e. The minimum atomic E-state index is -1.08. The van der Waals surface area contributed by atoms with E-state index in [1.165, 1.54) is 6.07 Å². The number of carbonyl (C=O) groups excluding carboxylic acids is 1. The molecule has 1 unspecified atom stereocenters. The Morgan fingerprint density at radius 2 is 2.11 bits per heavy atom. The number of hydrogen-bond acceptors (Lipinski definition) is 2. The second-order valence-electron chi connectivity index (χ2n) is 4.32. The van der Waals surface area contributed by atoms with E-state index in [2.05, 4.69) is 26.6 Å². The lowest BCUT2D eigenvalue weighted by atomic mass is 10.1. The highest BCUT2D eigenvalue weighted by molar-refractivity contribution is 9.10. The van der Waals surface area contributed by atoms with Crippen LogP contribution in [0.5, 0.6) is 0 Å². The molecule has 0 aromatic heterocycles. The normalized spacial score (nSPS) is 11.7. The van der Waals surface area contributed by atoms with E-state index in [0.29, 0.717) is 16.9 Å². The minimum Gasteiger partial charge on any atom is -0.478 e. The summed E-state index contributed by atoms with van der Waals surface area (Å²) in [5.74, 6) is -0.706. The molecule has 5 nitrogen and oxygen atoms in total. The lowest BCUT2D eigenvalue weighted by Crippen LogP contribution is -2.32. The fourth-order valence-corrected chi connectivity index (χ4v) is 1.86. The van der Waals surface area contributed by atoms with E-state index in [0.717, 1.165) is 6.42 Å². The van der Waals surface area contributed by atoms with Crippen LogP contribution in [0.2, 0.25) is 0 Å². The Balaban J connectivity index is 2.76. The SMILES string of the molecule is CCC(C)CNC(=O)Nc1c(Br)cccc1C(=O)O. The van der Waals surface area contributed by atoms with Crippen molar-refractivity contribution in [3.8, 4) is 0 Å². The van der Waals surface area contributed by atoms with Crippen LogP contribution in [0.25, 0.3) is 0 Å². The molecular weight excluding hydrogens is 312 g/mol. The van der Waals surface area contributed by atoms with Crippen molar-refractivity contribution in [3.63, 3.8) is 0 Å². The molecule has 0 heterocycles. The van der Waals surface area contributed by atoms with E-state index in [4.69, 9.17) is 5.11 Å². The van der Waals surface area contributed by atoms with Crippen LogP contribution in [-0.2, 0) is 0 Å². The van der Waals surface area contributed by atoms with Crippen LogP contribution < -0.4 is 10.6 Å². The number of urea groups is 1. The Kier molecular flexibility index (Phi) is 5.82. The Hall–Kier alpha value is -1.56. The third-order valence-electron chi connectivity index (χ3n) is 2.79. The lowest BCUT2D eigenvalue weighted by molar-refractivity contribution is 0.0698. The molecule has 1 aromatic carbocycles. The summed E-state index contributed by atoms with van der Waals surface area (Å²) in [7, 11) is 0. The number of carbonyl (C=O) groups is 2. The Labute approximate surface area is 120 Å². The molecule has 0 bridgehead atoms. The van der Waals surface area contributed by atoms with E-state index >= 15 is 0 Å². The van der Waals surface area contributed by atoms with Gasteiger partial charge in [0.15, 0.2) is 0 Å². The molecule has 0 saturated carbocycles. The molecule has 0 saturated heterocycles. The van der Waals surface area contributed by atoms with Crippen LogP contribution in [0.15, 0.2) is 22.7 Å². The molecule has 0 aliphatic heterocycles. The summed E-state index contributed by atoms with van der Waals surface area (Å²) in [4.78, 5) is 22.8. The molecule has 1 aromatic rings. The zero-order valence-corrected chi connectivity index (χ0v) is 12.5. The van der Waals surface area contributed by atoms with Crippen LogP contribution in [0.4, 0.5) is 10.5 Å². The van der Waals surface area contributed by atoms with Gasteiger partial charge in [0, 0.05) is 11.0 Å². The third kappa shape index (κ3) is 4.55. The molecule has 0 spiro atoms. The molecule has 1 rings (SSSR count). The zero-order valence-electron chi connectivity index (χ0n) is 10.9. The highest BCUT2D eigenvalue weighted by atomic mass is 79.9. The van der Waals surface area contributed by atoms with Crippen LogP contribution in [0.1, 0.15) is 30.6 Å². The number of anilines is 1. The van der Waals surface area contributed by atoms with Crippen molar-refractivity contribution >= 4 is 33.6 Å². The largest absolute Gasteiger partial charge is 0.478 e. The molecule has 0 fully saturated rings. The average molecular weight is 329 g/mol. The molecule has 19 heavy (non-hydrogen) atoms. The van der Waals surface area contributed by atoms with Crippen LogP contribution in [0, 0.1) is 5.92 Å². The van der Waals surface area contributed by atoms with Gasteiger partial charge in [-0.05, 0) is 34.0 Å². The predicted molar refractivity (Wildman–Crippen MR) is 77.6 cm³/mol. The summed E-state index contributed by atoms with van der Waals surface area (Å²) in [5, 5.41) is 14.3. The highest BCUT2D eigenvalue weighted by Crippen LogP contribution is 2.26. The van der Waals surface area contributed by atoms with E-state index in [1.54, 1.807) is 12.1 Å². The van der Waals surface area contributed by atoms with Gasteiger partial charge in [0.05, 0.1) is 11.3 Å². The second-order valence-corrected chi connectivity index (χ2v) is 5.17.